The van der Waals surface area contributed by atoms with Gasteiger partial charge in [0.15, 0.2) is 0 Å². The highest BCUT2D eigenvalue weighted by Gasteiger charge is 2.13. The molecule has 2 N–H and O–H groups in total. The lowest BCUT2D eigenvalue weighted by Crippen LogP contribution is -2.42. The molecule has 0 aromatic heterocycles. The Balaban J connectivity index is 4.00. The highest BCUT2D eigenvalue weighted by atomic mass is 16.5. The lowest BCUT2D eigenvalue weighted by molar-refractivity contribution is -0.138. The second kappa shape index (κ2) is 10.7. The number of methoxy groups -OCH3 is 1. The lowest BCUT2D eigenvalue weighted by Gasteiger charge is -2.21. The van der Waals surface area contributed by atoms with E-state index in [9.17, 15) is 9.59 Å². The number of carbonyl (C=O) groups excluding carboxylic acids is 1. The molecule has 0 aliphatic carbocycles. The molecule has 0 aliphatic rings. The van der Waals surface area contributed by atoms with Crippen molar-refractivity contribution in [3.8, 4) is 0 Å². The van der Waals surface area contributed by atoms with Gasteiger partial charge in [-0.25, -0.2) is 0 Å². The van der Waals surface area contributed by atoms with Gasteiger partial charge in [-0.15, -0.1) is 0 Å². The van der Waals surface area contributed by atoms with Gasteiger partial charge >= 0.3 is 5.97 Å². The number of rotatable bonds is 11. The summed E-state index contributed by atoms with van der Waals surface area (Å²) in [5.74, 6) is -1.08. The zero-order valence-electron chi connectivity index (χ0n) is 12.0. The van der Waals surface area contributed by atoms with E-state index in [4.69, 9.17) is 9.84 Å². The van der Waals surface area contributed by atoms with Crippen LogP contribution in [0.4, 0.5) is 0 Å². The Labute approximate surface area is 114 Å². The van der Waals surface area contributed by atoms with Crippen molar-refractivity contribution in [1.82, 2.24) is 15.1 Å². The number of carbonyl (C=O) groups is 2. The Hall–Kier alpha value is -1.18. The molecule has 0 atom stereocenters. The summed E-state index contributed by atoms with van der Waals surface area (Å²) in [4.78, 5) is 25.9. The van der Waals surface area contributed by atoms with Gasteiger partial charge in [0.05, 0.1) is 13.1 Å². The number of likely N-dealkylation sites (N-methyl/N-ethyl adjacent to an activating group) is 1. The largest absolute Gasteiger partial charge is 0.480 e. The predicted octanol–water partition coefficient (Wildman–Crippen LogP) is -0.913. The highest BCUT2D eigenvalue weighted by molar-refractivity contribution is 5.79. The zero-order chi connectivity index (χ0) is 14.7. The number of amides is 1. The van der Waals surface area contributed by atoms with Crippen LogP contribution < -0.4 is 5.32 Å². The summed E-state index contributed by atoms with van der Waals surface area (Å²) in [5, 5.41) is 11.5. The molecular weight excluding hydrogens is 250 g/mol. The molecule has 0 fully saturated rings. The Morgan fingerprint density at radius 3 is 2.42 bits per heavy atom. The van der Waals surface area contributed by atoms with Crippen molar-refractivity contribution >= 4 is 11.9 Å². The monoisotopic (exact) mass is 275 g/mol. The molecule has 19 heavy (non-hydrogen) atoms. The summed E-state index contributed by atoms with van der Waals surface area (Å²) in [6.45, 7) is 2.38. The van der Waals surface area contributed by atoms with Gasteiger partial charge in [0.25, 0.3) is 0 Å². The number of nitrogens with one attached hydrogen (secondary N) is 1. The van der Waals surface area contributed by atoms with Crippen molar-refractivity contribution in [3.05, 3.63) is 0 Å². The maximum Gasteiger partial charge on any atom is 0.317 e. The van der Waals surface area contributed by atoms with E-state index in [1.807, 2.05) is 19.0 Å². The van der Waals surface area contributed by atoms with Gasteiger partial charge in [-0.05, 0) is 20.5 Å². The van der Waals surface area contributed by atoms with E-state index in [1.165, 1.54) is 0 Å². The smallest absolute Gasteiger partial charge is 0.317 e. The van der Waals surface area contributed by atoms with Crippen LogP contribution in [-0.4, -0.2) is 87.3 Å². The molecule has 0 radical (unpaired) electrons. The van der Waals surface area contributed by atoms with Crippen LogP contribution >= 0.6 is 0 Å². The van der Waals surface area contributed by atoms with Gasteiger partial charge in [-0.3, -0.25) is 14.5 Å². The molecule has 7 nitrogen and oxygen atoms in total. The standard InChI is InChI=1S/C12H25N3O4/c1-14(2)6-7-15(10-12(17)18)9-11(16)13-5-4-8-19-3/h4-10H2,1-3H3,(H,13,16)(H,17,18). The third-order valence-corrected chi connectivity index (χ3v) is 2.44. The third-order valence-electron chi connectivity index (χ3n) is 2.44. The van der Waals surface area contributed by atoms with E-state index in [0.717, 1.165) is 6.42 Å². The molecule has 7 heteroatoms. The van der Waals surface area contributed by atoms with Gasteiger partial charge < -0.3 is 20.1 Å². The molecule has 0 spiro atoms. The summed E-state index contributed by atoms with van der Waals surface area (Å²) in [7, 11) is 5.42. The van der Waals surface area contributed by atoms with Gasteiger partial charge in [-0.2, -0.15) is 0 Å². The summed E-state index contributed by atoms with van der Waals surface area (Å²) in [5.41, 5.74) is 0. The van der Waals surface area contributed by atoms with Gasteiger partial charge in [0.2, 0.25) is 5.91 Å². The lowest BCUT2D eigenvalue weighted by atomic mass is 10.4. The molecule has 0 saturated carbocycles. The summed E-state index contributed by atoms with van der Waals surface area (Å²) < 4.78 is 4.88. The fraction of sp³-hybridized carbons (Fsp3) is 0.833. The normalized spacial score (nSPS) is 11.0. The number of nitrogens with zero attached hydrogens (tertiary/aromatic N) is 2. The first-order valence-corrected chi connectivity index (χ1v) is 6.30. The second-order valence-electron chi connectivity index (χ2n) is 4.60. The minimum absolute atomic E-state index is 0.104. The molecule has 0 aliphatic heterocycles. The molecular formula is C12H25N3O4. The van der Waals surface area contributed by atoms with Crippen LogP contribution in [0.2, 0.25) is 0 Å². The first kappa shape index (κ1) is 17.8. The summed E-state index contributed by atoms with van der Waals surface area (Å²) in [6.07, 6.45) is 0.749. The second-order valence-corrected chi connectivity index (χ2v) is 4.60. The van der Waals surface area contributed by atoms with Crippen LogP contribution in [0, 0.1) is 0 Å². The van der Waals surface area contributed by atoms with Crippen LogP contribution in [0.15, 0.2) is 0 Å². The molecule has 0 aromatic carbocycles. The Kier molecular flexibility index (Phi) is 10.1. The Morgan fingerprint density at radius 2 is 1.89 bits per heavy atom. The molecule has 1 amide bonds. The fourth-order valence-electron chi connectivity index (χ4n) is 1.45. The maximum atomic E-state index is 11.6. The van der Waals surface area contributed by atoms with E-state index in [1.54, 1.807) is 12.0 Å². The van der Waals surface area contributed by atoms with E-state index in [2.05, 4.69) is 5.32 Å². The van der Waals surface area contributed by atoms with Crippen molar-refractivity contribution in [2.75, 3.05) is 60.5 Å². The van der Waals surface area contributed by atoms with Gasteiger partial charge in [-0.1, -0.05) is 0 Å². The fourth-order valence-corrected chi connectivity index (χ4v) is 1.45. The average Bonchev–Trinajstić information content (AvgIpc) is 2.31. The summed E-state index contributed by atoms with van der Waals surface area (Å²) >= 11 is 0. The van der Waals surface area contributed by atoms with Gasteiger partial charge in [0, 0.05) is 33.4 Å². The predicted molar refractivity (Wildman–Crippen MR) is 72.1 cm³/mol. The number of hydrogen-bond donors (Lipinski definition) is 2. The molecule has 0 heterocycles. The number of carboxylic acid groups (broad SMARTS) is 1. The minimum atomic E-state index is -0.925. The first-order chi connectivity index (χ1) is 8.95. The van der Waals surface area contributed by atoms with Crippen LogP contribution in [0.5, 0.6) is 0 Å². The van der Waals surface area contributed by atoms with Crippen molar-refractivity contribution < 1.29 is 19.4 Å². The highest BCUT2D eigenvalue weighted by Crippen LogP contribution is 1.90. The number of carboxylic acids is 1. The zero-order valence-corrected chi connectivity index (χ0v) is 12.0. The minimum Gasteiger partial charge on any atom is -0.480 e. The van der Waals surface area contributed by atoms with E-state index < -0.39 is 5.97 Å². The molecule has 0 unspecified atom stereocenters. The molecule has 0 bridgehead atoms. The quantitative estimate of drug-likeness (QED) is 0.475. The summed E-state index contributed by atoms with van der Waals surface area (Å²) in [6, 6.07) is 0. The van der Waals surface area contributed by atoms with Crippen molar-refractivity contribution in [3.63, 3.8) is 0 Å². The molecule has 0 aromatic rings. The van der Waals surface area contributed by atoms with E-state index >= 15 is 0 Å². The van der Waals surface area contributed by atoms with E-state index in [0.29, 0.717) is 26.2 Å². The van der Waals surface area contributed by atoms with Crippen LogP contribution in [0.3, 0.4) is 0 Å². The van der Waals surface area contributed by atoms with Crippen LogP contribution in [0.1, 0.15) is 6.42 Å². The van der Waals surface area contributed by atoms with Crippen molar-refractivity contribution in [2.45, 2.75) is 6.42 Å². The Bertz CT molecular complexity index is 272. The molecule has 0 saturated heterocycles. The van der Waals surface area contributed by atoms with Crippen molar-refractivity contribution in [2.24, 2.45) is 0 Å². The SMILES string of the molecule is COCCCNC(=O)CN(CCN(C)C)CC(=O)O. The van der Waals surface area contributed by atoms with Crippen molar-refractivity contribution in [1.29, 1.82) is 0 Å². The first-order valence-electron chi connectivity index (χ1n) is 6.30. The molecule has 112 valence electrons. The third kappa shape index (κ3) is 11.6. The topological polar surface area (TPSA) is 82.1 Å². The van der Waals surface area contributed by atoms with E-state index in [-0.39, 0.29) is 19.0 Å². The van der Waals surface area contributed by atoms with Crippen LogP contribution in [0.25, 0.3) is 0 Å². The molecule has 0 rings (SSSR count). The Morgan fingerprint density at radius 1 is 1.21 bits per heavy atom. The number of aliphatic carboxylic acids is 1. The maximum absolute atomic E-state index is 11.6. The van der Waals surface area contributed by atoms with Gasteiger partial charge in [0.1, 0.15) is 0 Å². The van der Waals surface area contributed by atoms with Crippen LogP contribution in [-0.2, 0) is 14.3 Å². The number of hydrogen-bond acceptors (Lipinski definition) is 5. The number of ether oxygens (including phenoxy) is 1. The average molecular weight is 275 g/mol.